The van der Waals surface area contributed by atoms with Crippen molar-refractivity contribution in [3.63, 3.8) is 0 Å². The number of urea groups is 1. The van der Waals surface area contributed by atoms with Gasteiger partial charge in [-0.2, -0.15) is 10.2 Å². The number of anilines is 3. The largest absolute Gasteiger partial charge is 0.338 e. The summed E-state index contributed by atoms with van der Waals surface area (Å²) < 4.78 is 3.78. The predicted molar refractivity (Wildman–Crippen MR) is 154 cm³/mol. The molecule has 0 aliphatic carbocycles. The number of nitrogens with one attached hydrogen (secondary N) is 3. The third kappa shape index (κ3) is 5.42. The normalized spacial score (nSPS) is 13.8. The van der Waals surface area contributed by atoms with Crippen molar-refractivity contribution in [1.82, 2.24) is 34.6 Å². The molecule has 0 atom stereocenters. The number of hydrogen-bond acceptors (Lipinski definition) is 6. The lowest BCUT2D eigenvalue weighted by atomic mass is 10.2. The van der Waals surface area contributed by atoms with Gasteiger partial charge in [0.1, 0.15) is 11.8 Å². The highest BCUT2D eigenvalue weighted by Crippen LogP contribution is 2.30. The lowest BCUT2D eigenvalue weighted by Gasteiger charge is -2.15. The van der Waals surface area contributed by atoms with Crippen LogP contribution < -0.4 is 16.0 Å². The molecule has 6 rings (SSSR count). The van der Waals surface area contributed by atoms with Gasteiger partial charge in [0.15, 0.2) is 5.82 Å². The summed E-state index contributed by atoms with van der Waals surface area (Å²) in [6.45, 7) is 6.51. The van der Waals surface area contributed by atoms with E-state index in [1.807, 2.05) is 41.3 Å². The summed E-state index contributed by atoms with van der Waals surface area (Å²) in [5.74, 6) is 0.681. The lowest BCUT2D eigenvalue weighted by Crippen LogP contribution is -2.36. The third-order valence-corrected chi connectivity index (χ3v) is 7.27. The van der Waals surface area contributed by atoms with Crippen LogP contribution in [0.3, 0.4) is 0 Å². The van der Waals surface area contributed by atoms with Gasteiger partial charge in [0.2, 0.25) is 0 Å². The van der Waals surface area contributed by atoms with Crippen LogP contribution in [0.5, 0.6) is 0 Å². The van der Waals surface area contributed by atoms with Crippen LogP contribution in [0.25, 0.3) is 16.4 Å². The molecule has 0 unspecified atom stereocenters. The number of carbonyl (C=O) groups is 1. The summed E-state index contributed by atoms with van der Waals surface area (Å²) in [6.07, 6.45) is 8.45. The first-order valence-electron chi connectivity index (χ1n) is 13.6. The highest BCUT2D eigenvalue weighted by atomic mass is 16.2. The molecule has 0 spiro atoms. The minimum atomic E-state index is -0.208. The van der Waals surface area contributed by atoms with Crippen LogP contribution in [-0.4, -0.2) is 61.5 Å². The number of aromatic nitrogens is 5. The second-order valence-electron chi connectivity index (χ2n) is 9.89. The van der Waals surface area contributed by atoms with Crippen molar-refractivity contribution in [2.24, 2.45) is 0 Å². The molecule has 3 N–H and O–H groups in total. The van der Waals surface area contributed by atoms with Crippen molar-refractivity contribution in [1.29, 1.82) is 0 Å². The Hall–Kier alpha value is -4.44. The Kier molecular flexibility index (Phi) is 7.09. The van der Waals surface area contributed by atoms with E-state index in [1.165, 1.54) is 24.7 Å². The zero-order chi connectivity index (χ0) is 26.6. The molecule has 1 saturated heterocycles. The Morgan fingerprint density at radius 1 is 1.05 bits per heavy atom. The molecule has 2 aromatic carbocycles. The molecule has 4 heterocycles. The minimum absolute atomic E-state index is 0.208. The Morgan fingerprint density at radius 3 is 2.72 bits per heavy atom. The number of carbonyl (C=O) groups excluding carboxylic acids is 1. The smallest absolute Gasteiger partial charge is 0.319 e. The molecule has 39 heavy (non-hydrogen) atoms. The Bertz CT molecular complexity index is 1580. The molecule has 1 aliphatic rings. The molecule has 10 heteroatoms. The van der Waals surface area contributed by atoms with E-state index < -0.39 is 0 Å². The van der Waals surface area contributed by atoms with Crippen molar-refractivity contribution in [3.05, 3.63) is 78.4 Å². The molecule has 1 fully saturated rings. The highest BCUT2D eigenvalue weighted by Gasteiger charge is 2.17. The second kappa shape index (κ2) is 11.1. The summed E-state index contributed by atoms with van der Waals surface area (Å²) >= 11 is 0. The summed E-state index contributed by atoms with van der Waals surface area (Å²) in [7, 11) is 0. The lowest BCUT2D eigenvalue weighted by molar-refractivity contribution is 0.249. The number of aryl methyl sites for hydroxylation is 1. The molecule has 1 aliphatic heterocycles. The van der Waals surface area contributed by atoms with Crippen molar-refractivity contribution < 1.29 is 4.79 Å². The number of fused-ring (bicyclic) bond motifs is 2. The van der Waals surface area contributed by atoms with Gasteiger partial charge in [-0.05, 0) is 56.1 Å². The first kappa shape index (κ1) is 24.9. The average molecular weight is 524 g/mol. The van der Waals surface area contributed by atoms with E-state index >= 15 is 0 Å². The van der Waals surface area contributed by atoms with Gasteiger partial charge < -0.3 is 20.9 Å². The zero-order valence-electron chi connectivity index (χ0n) is 22.1. The first-order chi connectivity index (χ1) is 19.2. The van der Waals surface area contributed by atoms with Gasteiger partial charge in [0, 0.05) is 29.7 Å². The van der Waals surface area contributed by atoms with Crippen LogP contribution in [0.1, 0.15) is 30.9 Å². The van der Waals surface area contributed by atoms with Gasteiger partial charge in [-0.1, -0.05) is 37.3 Å². The molecular formula is C29H33N9O. The van der Waals surface area contributed by atoms with Crippen molar-refractivity contribution >= 4 is 39.6 Å². The number of benzene rings is 2. The first-order valence-corrected chi connectivity index (χ1v) is 13.6. The summed E-state index contributed by atoms with van der Waals surface area (Å²) in [6, 6.07) is 16.3. The fourth-order valence-corrected chi connectivity index (χ4v) is 5.31. The van der Waals surface area contributed by atoms with Gasteiger partial charge in [0.25, 0.3) is 0 Å². The second-order valence-corrected chi connectivity index (χ2v) is 9.89. The fraction of sp³-hybridized carbons (Fsp3) is 0.310. The maximum atomic E-state index is 12.6. The van der Waals surface area contributed by atoms with Crippen LogP contribution in [0.4, 0.5) is 22.0 Å². The van der Waals surface area contributed by atoms with E-state index in [1.54, 1.807) is 4.52 Å². The van der Waals surface area contributed by atoms with Gasteiger partial charge in [-0.3, -0.25) is 4.68 Å². The molecule has 0 bridgehead atoms. The quantitative estimate of drug-likeness (QED) is 0.260. The number of amides is 2. The van der Waals surface area contributed by atoms with Crippen LogP contribution in [0, 0.1) is 0 Å². The third-order valence-electron chi connectivity index (χ3n) is 7.27. The standard InChI is InChI=1S/C29H33N9O/c1-2-24-25(35-29(39)30-12-15-36-13-6-7-14-36)19-38-27(24)28(31-20-33-38)34-23-10-11-26-22(16-23)17-32-37(26)18-21-8-4-3-5-9-21/h3-5,8-11,16-17,19-20H,2,6-7,12-15,18H2,1H3,(H2,30,35,39)(H,31,33,34). The van der Waals surface area contributed by atoms with E-state index in [4.69, 9.17) is 0 Å². The molecule has 10 nitrogen and oxygen atoms in total. The molecular weight excluding hydrogens is 490 g/mol. The van der Waals surface area contributed by atoms with Gasteiger partial charge in [-0.15, -0.1) is 0 Å². The summed E-state index contributed by atoms with van der Waals surface area (Å²) in [5.41, 5.74) is 5.73. The van der Waals surface area contributed by atoms with Crippen LogP contribution in [0.15, 0.2) is 67.3 Å². The Morgan fingerprint density at radius 2 is 1.90 bits per heavy atom. The number of nitrogens with zero attached hydrogens (tertiary/aromatic N) is 6. The van der Waals surface area contributed by atoms with Gasteiger partial charge >= 0.3 is 6.03 Å². The predicted octanol–water partition coefficient (Wildman–Crippen LogP) is 4.65. The van der Waals surface area contributed by atoms with E-state index in [-0.39, 0.29) is 6.03 Å². The van der Waals surface area contributed by atoms with Crippen LogP contribution >= 0.6 is 0 Å². The topological polar surface area (TPSA) is 104 Å². The monoisotopic (exact) mass is 523 g/mol. The maximum Gasteiger partial charge on any atom is 0.319 e. The van der Waals surface area contributed by atoms with Gasteiger partial charge in [0.05, 0.1) is 30.1 Å². The van der Waals surface area contributed by atoms with Crippen LogP contribution in [0.2, 0.25) is 0 Å². The van der Waals surface area contributed by atoms with Crippen molar-refractivity contribution in [2.75, 3.05) is 36.8 Å². The summed E-state index contributed by atoms with van der Waals surface area (Å²) in [4.78, 5) is 19.6. The summed E-state index contributed by atoms with van der Waals surface area (Å²) in [5, 5.41) is 19.5. The van der Waals surface area contributed by atoms with Gasteiger partial charge in [-0.25, -0.2) is 14.3 Å². The van der Waals surface area contributed by atoms with Crippen molar-refractivity contribution in [2.45, 2.75) is 32.7 Å². The van der Waals surface area contributed by atoms with Crippen molar-refractivity contribution in [3.8, 4) is 0 Å². The van der Waals surface area contributed by atoms with E-state index in [0.29, 0.717) is 18.8 Å². The number of hydrogen-bond donors (Lipinski definition) is 3. The Labute approximate surface area is 227 Å². The molecule has 3 aromatic heterocycles. The maximum absolute atomic E-state index is 12.6. The molecule has 5 aromatic rings. The molecule has 200 valence electrons. The number of rotatable bonds is 9. The van der Waals surface area contributed by atoms with E-state index in [9.17, 15) is 4.79 Å². The van der Waals surface area contributed by atoms with E-state index in [0.717, 1.165) is 59.5 Å². The highest BCUT2D eigenvalue weighted by molar-refractivity contribution is 5.94. The zero-order valence-corrected chi connectivity index (χ0v) is 22.1. The SMILES string of the molecule is CCc1c(NC(=O)NCCN2CCCC2)cn2ncnc(Nc3ccc4c(cnn4Cc4ccccc4)c3)c12. The number of likely N-dealkylation sites (tertiary alicyclic amines) is 1. The van der Waals surface area contributed by atoms with E-state index in [2.05, 4.69) is 67.2 Å². The molecule has 0 saturated carbocycles. The van der Waals surface area contributed by atoms with Crippen LogP contribution in [-0.2, 0) is 13.0 Å². The average Bonchev–Trinajstić information content (AvgIpc) is 3.69. The molecule has 0 radical (unpaired) electrons. The Balaban J connectivity index is 1.19. The fourth-order valence-electron chi connectivity index (χ4n) is 5.31. The minimum Gasteiger partial charge on any atom is -0.338 e. The molecule has 2 amide bonds.